The second-order valence-electron chi connectivity index (χ2n) is 4.20. The number of aliphatic carboxylic acids is 1. The SMILES string of the molecule is CCc1cc(C=NN)ccc1C(N)(CC=O)C(=O)O.Cl. The van der Waals surface area contributed by atoms with Crippen LogP contribution < -0.4 is 11.6 Å². The molecule has 1 atom stereocenters. The summed E-state index contributed by atoms with van der Waals surface area (Å²) in [4.78, 5) is 22.0. The van der Waals surface area contributed by atoms with Crippen LogP contribution in [0.3, 0.4) is 0 Å². The van der Waals surface area contributed by atoms with E-state index in [1.165, 1.54) is 6.21 Å². The molecule has 6 nitrogen and oxygen atoms in total. The van der Waals surface area contributed by atoms with Crippen LogP contribution in [0.4, 0.5) is 0 Å². The molecule has 0 saturated heterocycles. The number of aldehydes is 1. The number of carboxylic acid groups (broad SMARTS) is 1. The van der Waals surface area contributed by atoms with E-state index >= 15 is 0 Å². The molecule has 0 saturated carbocycles. The number of halogens is 1. The van der Waals surface area contributed by atoms with Gasteiger partial charge in [0, 0.05) is 6.42 Å². The van der Waals surface area contributed by atoms with Gasteiger partial charge in [-0.25, -0.2) is 4.79 Å². The van der Waals surface area contributed by atoms with E-state index in [0.29, 0.717) is 18.3 Å². The molecule has 1 aromatic carbocycles. The highest BCUT2D eigenvalue weighted by Crippen LogP contribution is 2.26. The summed E-state index contributed by atoms with van der Waals surface area (Å²) < 4.78 is 0. The van der Waals surface area contributed by atoms with Crippen LogP contribution in [0.5, 0.6) is 0 Å². The topological polar surface area (TPSA) is 119 Å². The van der Waals surface area contributed by atoms with Crippen molar-refractivity contribution < 1.29 is 14.7 Å². The molecule has 1 unspecified atom stereocenters. The molecule has 0 aromatic heterocycles. The lowest BCUT2D eigenvalue weighted by molar-refractivity contribution is -0.145. The number of carbonyl (C=O) groups excluding carboxylic acids is 1. The van der Waals surface area contributed by atoms with E-state index in [4.69, 9.17) is 11.6 Å². The number of carbonyl (C=O) groups is 2. The Morgan fingerprint density at radius 1 is 1.50 bits per heavy atom. The molecule has 0 aliphatic rings. The second-order valence-corrected chi connectivity index (χ2v) is 4.20. The fourth-order valence-electron chi connectivity index (χ4n) is 1.95. The van der Waals surface area contributed by atoms with E-state index in [-0.39, 0.29) is 18.8 Å². The van der Waals surface area contributed by atoms with Crippen LogP contribution in [-0.2, 0) is 21.5 Å². The van der Waals surface area contributed by atoms with Crippen molar-refractivity contribution >= 4 is 30.9 Å². The Labute approximate surface area is 123 Å². The zero-order valence-electron chi connectivity index (χ0n) is 11.1. The fraction of sp³-hybridized carbons (Fsp3) is 0.308. The number of nitrogens with two attached hydrogens (primary N) is 2. The van der Waals surface area contributed by atoms with Crippen molar-refractivity contribution in [1.29, 1.82) is 0 Å². The Hall–Kier alpha value is -1.92. The molecule has 1 rings (SSSR count). The van der Waals surface area contributed by atoms with Crippen LogP contribution >= 0.6 is 12.4 Å². The quantitative estimate of drug-likeness (QED) is 0.310. The van der Waals surface area contributed by atoms with E-state index in [1.807, 2.05) is 6.92 Å². The van der Waals surface area contributed by atoms with Gasteiger partial charge in [0.15, 0.2) is 0 Å². The average molecular weight is 300 g/mol. The van der Waals surface area contributed by atoms with Gasteiger partial charge in [-0.3, -0.25) is 0 Å². The van der Waals surface area contributed by atoms with Crippen molar-refractivity contribution in [3.8, 4) is 0 Å². The first-order valence-corrected chi connectivity index (χ1v) is 5.82. The number of rotatable bonds is 6. The number of carboxylic acids is 1. The highest BCUT2D eigenvalue weighted by Gasteiger charge is 2.37. The first-order chi connectivity index (χ1) is 8.99. The molecule has 20 heavy (non-hydrogen) atoms. The highest BCUT2D eigenvalue weighted by atomic mass is 35.5. The molecule has 0 spiro atoms. The van der Waals surface area contributed by atoms with Gasteiger partial charge in [0.25, 0.3) is 0 Å². The summed E-state index contributed by atoms with van der Waals surface area (Å²) in [5.74, 6) is 3.85. The normalized spacial score (nSPS) is 13.5. The minimum Gasteiger partial charge on any atom is -0.480 e. The summed E-state index contributed by atoms with van der Waals surface area (Å²) >= 11 is 0. The van der Waals surface area contributed by atoms with Crippen molar-refractivity contribution in [2.45, 2.75) is 25.3 Å². The van der Waals surface area contributed by atoms with E-state index < -0.39 is 11.5 Å². The molecule has 5 N–H and O–H groups in total. The third-order valence-electron chi connectivity index (χ3n) is 3.00. The molecule has 0 aliphatic heterocycles. The fourth-order valence-corrected chi connectivity index (χ4v) is 1.95. The molecule has 0 heterocycles. The van der Waals surface area contributed by atoms with Crippen molar-refractivity contribution in [3.63, 3.8) is 0 Å². The smallest absolute Gasteiger partial charge is 0.328 e. The molecule has 0 radical (unpaired) electrons. The minimum atomic E-state index is -1.70. The van der Waals surface area contributed by atoms with Crippen molar-refractivity contribution in [2.24, 2.45) is 16.7 Å². The number of hydrazone groups is 1. The van der Waals surface area contributed by atoms with Gasteiger partial charge in [-0.05, 0) is 29.2 Å². The van der Waals surface area contributed by atoms with E-state index in [2.05, 4.69) is 5.10 Å². The van der Waals surface area contributed by atoms with Gasteiger partial charge in [-0.1, -0.05) is 19.1 Å². The van der Waals surface area contributed by atoms with E-state index in [9.17, 15) is 14.7 Å². The number of nitrogens with zero attached hydrogens (tertiary/aromatic N) is 1. The number of hydrogen-bond acceptors (Lipinski definition) is 5. The summed E-state index contributed by atoms with van der Waals surface area (Å²) in [5, 5.41) is 12.7. The van der Waals surface area contributed by atoms with Crippen molar-refractivity contribution in [1.82, 2.24) is 0 Å². The second kappa shape index (κ2) is 7.62. The Bertz CT molecular complexity index is 520. The van der Waals surface area contributed by atoms with Crippen molar-refractivity contribution in [3.05, 3.63) is 34.9 Å². The summed E-state index contributed by atoms with van der Waals surface area (Å²) in [7, 11) is 0. The first-order valence-electron chi connectivity index (χ1n) is 5.82. The van der Waals surface area contributed by atoms with Gasteiger partial charge in [0.2, 0.25) is 0 Å². The predicted molar refractivity (Wildman–Crippen MR) is 79.0 cm³/mol. The van der Waals surface area contributed by atoms with Crippen LogP contribution in [0.1, 0.15) is 30.0 Å². The highest BCUT2D eigenvalue weighted by molar-refractivity contribution is 5.86. The van der Waals surface area contributed by atoms with Crippen LogP contribution in [0.2, 0.25) is 0 Å². The van der Waals surface area contributed by atoms with Crippen LogP contribution in [0, 0.1) is 0 Å². The molecule has 0 aliphatic carbocycles. The average Bonchev–Trinajstić information content (AvgIpc) is 2.38. The minimum absolute atomic E-state index is 0. The molecule has 1 aromatic rings. The molecule has 0 amide bonds. The maximum atomic E-state index is 11.4. The predicted octanol–water partition coefficient (Wildman–Crippen LogP) is 0.791. The monoisotopic (exact) mass is 299 g/mol. The van der Waals surface area contributed by atoms with Gasteiger partial charge in [0.1, 0.15) is 11.8 Å². The maximum absolute atomic E-state index is 11.4. The lowest BCUT2D eigenvalue weighted by Crippen LogP contribution is -2.46. The summed E-state index contributed by atoms with van der Waals surface area (Å²) in [6.07, 6.45) is 2.29. The Morgan fingerprint density at radius 2 is 2.15 bits per heavy atom. The summed E-state index contributed by atoms with van der Waals surface area (Å²) in [5.41, 5.74) is 6.12. The van der Waals surface area contributed by atoms with Crippen LogP contribution in [-0.4, -0.2) is 23.6 Å². The lowest BCUT2D eigenvalue weighted by Gasteiger charge is -2.25. The van der Waals surface area contributed by atoms with Gasteiger partial charge in [-0.2, -0.15) is 5.10 Å². The molecule has 110 valence electrons. The summed E-state index contributed by atoms with van der Waals surface area (Å²) in [6.45, 7) is 1.88. The van der Waals surface area contributed by atoms with E-state index in [0.717, 1.165) is 11.1 Å². The van der Waals surface area contributed by atoms with Gasteiger partial charge in [-0.15, -0.1) is 12.4 Å². The van der Waals surface area contributed by atoms with E-state index in [1.54, 1.807) is 18.2 Å². The van der Waals surface area contributed by atoms with Crippen molar-refractivity contribution in [2.75, 3.05) is 0 Å². The van der Waals surface area contributed by atoms with Gasteiger partial charge >= 0.3 is 5.97 Å². The molecular weight excluding hydrogens is 282 g/mol. The standard InChI is InChI=1S/C13H17N3O3.ClH/c1-2-10-7-9(8-16-15)3-4-11(10)13(14,5-6-17)12(18)19;/h3-4,6-8H,2,5,14-15H2,1H3,(H,18,19);1H. The zero-order valence-corrected chi connectivity index (χ0v) is 11.9. The molecule has 0 fully saturated rings. The number of hydrogen-bond donors (Lipinski definition) is 3. The molecular formula is C13H18ClN3O3. The molecule has 7 heteroatoms. The Kier molecular flexibility index (Phi) is 6.89. The third kappa shape index (κ3) is 3.55. The number of benzene rings is 1. The van der Waals surface area contributed by atoms with Crippen LogP contribution in [0.15, 0.2) is 23.3 Å². The largest absolute Gasteiger partial charge is 0.480 e. The molecule has 0 bridgehead atoms. The van der Waals surface area contributed by atoms with Gasteiger partial charge < -0.3 is 21.5 Å². The Morgan fingerprint density at radius 3 is 2.60 bits per heavy atom. The Balaban J connectivity index is 0.00000361. The van der Waals surface area contributed by atoms with Crippen LogP contribution in [0.25, 0.3) is 0 Å². The first kappa shape index (κ1) is 18.1. The zero-order chi connectivity index (χ0) is 14.5. The third-order valence-corrected chi connectivity index (χ3v) is 3.00. The van der Waals surface area contributed by atoms with Gasteiger partial charge in [0.05, 0.1) is 6.21 Å². The lowest BCUT2D eigenvalue weighted by atomic mass is 9.83. The number of aryl methyl sites for hydroxylation is 1. The summed E-state index contributed by atoms with van der Waals surface area (Å²) in [6, 6.07) is 5.04. The maximum Gasteiger partial charge on any atom is 0.328 e.